The van der Waals surface area contributed by atoms with Gasteiger partial charge in [-0.15, -0.1) is 0 Å². The maximum Gasteiger partial charge on any atom is 0.271 e. The van der Waals surface area contributed by atoms with Crippen LogP contribution in [0.2, 0.25) is 0 Å². The van der Waals surface area contributed by atoms with E-state index in [1.807, 2.05) is 0 Å². The van der Waals surface area contributed by atoms with E-state index < -0.39 is 5.91 Å². The third-order valence-corrected chi connectivity index (χ3v) is 3.83. The summed E-state index contributed by atoms with van der Waals surface area (Å²) in [5.74, 6) is -0.334. The van der Waals surface area contributed by atoms with E-state index in [-0.39, 0.29) is 24.3 Å². The summed E-state index contributed by atoms with van der Waals surface area (Å²) in [5.41, 5.74) is 6.35. The summed E-state index contributed by atoms with van der Waals surface area (Å²) in [4.78, 5) is 23.1. The van der Waals surface area contributed by atoms with Crippen LogP contribution in [0.15, 0.2) is 24.3 Å². The Kier molecular flexibility index (Phi) is 5.24. The Bertz CT molecular complexity index is 737. The van der Waals surface area contributed by atoms with E-state index in [2.05, 4.69) is 20.7 Å². The van der Waals surface area contributed by atoms with Crippen LogP contribution in [0.1, 0.15) is 23.3 Å². The van der Waals surface area contributed by atoms with Crippen molar-refractivity contribution in [2.24, 2.45) is 5.73 Å². The van der Waals surface area contributed by atoms with Gasteiger partial charge in [0.2, 0.25) is 0 Å². The first kappa shape index (κ1) is 16.9. The van der Waals surface area contributed by atoms with Crippen molar-refractivity contribution in [2.75, 3.05) is 19.8 Å². The number of hydrogen-bond acceptors (Lipinski definition) is 6. The first-order valence-corrected chi connectivity index (χ1v) is 7.95. The van der Waals surface area contributed by atoms with Gasteiger partial charge in [-0.2, -0.15) is 15.4 Å². The third-order valence-electron chi connectivity index (χ3n) is 3.83. The molecule has 25 heavy (non-hydrogen) atoms. The normalized spacial score (nSPS) is 16.6. The van der Waals surface area contributed by atoms with Crippen molar-refractivity contribution in [1.82, 2.24) is 20.7 Å². The van der Waals surface area contributed by atoms with Crippen molar-refractivity contribution in [3.05, 3.63) is 30.0 Å². The highest BCUT2D eigenvalue weighted by Crippen LogP contribution is 2.22. The van der Waals surface area contributed by atoms with E-state index in [4.69, 9.17) is 15.2 Å². The molecule has 0 saturated carbocycles. The van der Waals surface area contributed by atoms with Crippen molar-refractivity contribution in [2.45, 2.75) is 18.9 Å². The lowest BCUT2D eigenvalue weighted by atomic mass is 10.1. The highest BCUT2D eigenvalue weighted by Gasteiger charge is 2.17. The molecule has 0 spiro atoms. The molecule has 0 aliphatic carbocycles. The summed E-state index contributed by atoms with van der Waals surface area (Å²) in [6.07, 6.45) is 2.11. The summed E-state index contributed by atoms with van der Waals surface area (Å²) in [7, 11) is 0. The lowest BCUT2D eigenvalue weighted by Gasteiger charge is -2.11. The SMILES string of the molecule is NC(=O)c1n[nH]nc1-c1ccc(OCC(=O)NCC2CCCO2)cc1. The molecule has 1 aliphatic heterocycles. The number of carbonyl (C=O) groups is 2. The second-order valence-corrected chi connectivity index (χ2v) is 5.64. The van der Waals surface area contributed by atoms with Gasteiger partial charge in [0.1, 0.15) is 11.4 Å². The lowest BCUT2D eigenvalue weighted by molar-refractivity contribution is -0.123. The van der Waals surface area contributed by atoms with E-state index >= 15 is 0 Å². The molecule has 1 atom stereocenters. The highest BCUT2D eigenvalue weighted by molar-refractivity contribution is 5.96. The first-order chi connectivity index (χ1) is 12.1. The molecule has 0 bridgehead atoms. The number of carbonyl (C=O) groups excluding carboxylic acids is 2. The minimum atomic E-state index is -0.660. The van der Waals surface area contributed by atoms with Gasteiger partial charge in [-0.25, -0.2) is 0 Å². The van der Waals surface area contributed by atoms with Gasteiger partial charge in [-0.05, 0) is 37.1 Å². The monoisotopic (exact) mass is 345 g/mol. The molecule has 9 heteroatoms. The summed E-state index contributed by atoms with van der Waals surface area (Å²) >= 11 is 0. The van der Waals surface area contributed by atoms with Gasteiger partial charge >= 0.3 is 0 Å². The average Bonchev–Trinajstić information content (AvgIpc) is 3.30. The fourth-order valence-corrected chi connectivity index (χ4v) is 2.55. The molecular formula is C16H19N5O4. The fraction of sp³-hybridized carbons (Fsp3) is 0.375. The van der Waals surface area contributed by atoms with Crippen molar-refractivity contribution < 1.29 is 19.1 Å². The minimum Gasteiger partial charge on any atom is -0.484 e. The van der Waals surface area contributed by atoms with E-state index in [1.165, 1.54) is 0 Å². The third kappa shape index (κ3) is 4.32. The molecule has 1 fully saturated rings. The summed E-state index contributed by atoms with van der Waals surface area (Å²) in [5, 5.41) is 12.8. The van der Waals surface area contributed by atoms with E-state index in [0.29, 0.717) is 23.6 Å². The number of amides is 2. The molecule has 9 nitrogen and oxygen atoms in total. The largest absolute Gasteiger partial charge is 0.484 e. The maximum atomic E-state index is 11.8. The van der Waals surface area contributed by atoms with Crippen LogP contribution < -0.4 is 15.8 Å². The van der Waals surface area contributed by atoms with Crippen molar-refractivity contribution in [3.63, 3.8) is 0 Å². The number of nitrogens with one attached hydrogen (secondary N) is 2. The number of primary amides is 1. The van der Waals surface area contributed by atoms with Crippen LogP contribution in [0, 0.1) is 0 Å². The number of hydrogen-bond donors (Lipinski definition) is 3. The van der Waals surface area contributed by atoms with Gasteiger partial charge in [0.05, 0.1) is 6.10 Å². The average molecular weight is 345 g/mol. The Hall–Kier alpha value is -2.94. The zero-order chi connectivity index (χ0) is 17.6. The van der Waals surface area contributed by atoms with Gasteiger partial charge in [0.25, 0.3) is 11.8 Å². The Balaban J connectivity index is 1.51. The molecule has 3 rings (SSSR count). The molecule has 4 N–H and O–H groups in total. The van der Waals surface area contributed by atoms with E-state index in [0.717, 1.165) is 19.4 Å². The maximum absolute atomic E-state index is 11.8. The Morgan fingerprint density at radius 2 is 2.12 bits per heavy atom. The second-order valence-electron chi connectivity index (χ2n) is 5.64. The van der Waals surface area contributed by atoms with Crippen LogP contribution in [0.25, 0.3) is 11.3 Å². The summed E-state index contributed by atoms with van der Waals surface area (Å²) in [6.45, 7) is 1.18. The van der Waals surface area contributed by atoms with Gasteiger partial charge in [-0.3, -0.25) is 9.59 Å². The Labute approximate surface area is 143 Å². The molecule has 2 amide bonds. The number of rotatable bonds is 7. The predicted octanol–water partition coefficient (Wildman–Crippen LogP) is 0.245. The van der Waals surface area contributed by atoms with Crippen molar-refractivity contribution >= 4 is 11.8 Å². The molecule has 1 aromatic carbocycles. The minimum absolute atomic E-state index is 0.0715. The van der Waals surface area contributed by atoms with Gasteiger partial charge in [0.15, 0.2) is 12.3 Å². The highest BCUT2D eigenvalue weighted by atomic mass is 16.5. The van der Waals surface area contributed by atoms with Crippen LogP contribution >= 0.6 is 0 Å². The summed E-state index contributed by atoms with van der Waals surface area (Å²) < 4.78 is 10.9. The first-order valence-electron chi connectivity index (χ1n) is 7.95. The number of H-pyrrole nitrogens is 1. The molecule has 1 aromatic heterocycles. The predicted molar refractivity (Wildman–Crippen MR) is 87.8 cm³/mol. The molecule has 1 aliphatic rings. The topological polar surface area (TPSA) is 132 Å². The van der Waals surface area contributed by atoms with Crippen molar-refractivity contribution in [3.8, 4) is 17.0 Å². The van der Waals surface area contributed by atoms with Gasteiger partial charge in [0, 0.05) is 18.7 Å². The van der Waals surface area contributed by atoms with Crippen LogP contribution in [0.4, 0.5) is 0 Å². The molecular weight excluding hydrogens is 326 g/mol. The van der Waals surface area contributed by atoms with E-state index in [1.54, 1.807) is 24.3 Å². The number of ether oxygens (including phenoxy) is 2. The van der Waals surface area contributed by atoms with Gasteiger partial charge < -0.3 is 20.5 Å². The number of nitrogens with two attached hydrogens (primary N) is 1. The summed E-state index contributed by atoms with van der Waals surface area (Å²) in [6, 6.07) is 6.79. The molecule has 1 saturated heterocycles. The zero-order valence-corrected chi connectivity index (χ0v) is 13.5. The standard InChI is InChI=1S/C16H19N5O4/c17-16(23)15-14(19-21-20-15)10-3-5-11(6-4-10)25-9-13(22)18-8-12-2-1-7-24-12/h3-6,12H,1-2,7-9H2,(H2,17,23)(H,18,22)(H,19,20,21). The lowest BCUT2D eigenvalue weighted by Crippen LogP contribution is -2.35. The van der Waals surface area contributed by atoms with E-state index in [9.17, 15) is 9.59 Å². The van der Waals surface area contributed by atoms with Crippen LogP contribution in [0.5, 0.6) is 5.75 Å². The quantitative estimate of drug-likeness (QED) is 0.659. The smallest absolute Gasteiger partial charge is 0.271 e. The van der Waals surface area contributed by atoms with Crippen molar-refractivity contribution in [1.29, 1.82) is 0 Å². The Morgan fingerprint density at radius 3 is 2.80 bits per heavy atom. The fourth-order valence-electron chi connectivity index (χ4n) is 2.55. The Morgan fingerprint density at radius 1 is 1.32 bits per heavy atom. The number of aromatic amines is 1. The number of benzene rings is 1. The number of nitrogens with zero attached hydrogens (tertiary/aromatic N) is 2. The second kappa shape index (κ2) is 7.75. The molecule has 0 radical (unpaired) electrons. The molecule has 1 unspecified atom stereocenters. The zero-order valence-electron chi connectivity index (χ0n) is 13.5. The number of aromatic nitrogens is 3. The van der Waals surface area contributed by atoms with Crippen LogP contribution in [-0.2, 0) is 9.53 Å². The molecule has 2 heterocycles. The molecule has 132 valence electrons. The molecule has 2 aromatic rings. The van der Waals surface area contributed by atoms with Crippen LogP contribution in [-0.4, -0.2) is 53.1 Å². The van der Waals surface area contributed by atoms with Gasteiger partial charge in [-0.1, -0.05) is 0 Å². The van der Waals surface area contributed by atoms with Crippen LogP contribution in [0.3, 0.4) is 0 Å².